The van der Waals surface area contributed by atoms with Crippen LogP contribution in [0.2, 0.25) is 0 Å². The van der Waals surface area contributed by atoms with Gasteiger partial charge in [0.1, 0.15) is 11.6 Å². The molecule has 0 fully saturated rings. The van der Waals surface area contributed by atoms with Crippen LogP contribution in [0.15, 0.2) is 30.3 Å². The third-order valence-corrected chi connectivity index (χ3v) is 2.60. The van der Waals surface area contributed by atoms with Crippen LogP contribution in [0.25, 0.3) is 0 Å². The number of carboxylic acid groups (broad SMARTS) is 2. The van der Waals surface area contributed by atoms with Crippen LogP contribution in [0.1, 0.15) is 26.3 Å². The van der Waals surface area contributed by atoms with Crippen molar-refractivity contribution >= 4 is 18.0 Å². The minimum Gasteiger partial charge on any atom is -0.480 e. The van der Waals surface area contributed by atoms with Gasteiger partial charge in [-0.1, -0.05) is 30.3 Å². The van der Waals surface area contributed by atoms with E-state index in [1.165, 1.54) is 0 Å². The van der Waals surface area contributed by atoms with Crippen LogP contribution in [0.4, 0.5) is 4.79 Å². The van der Waals surface area contributed by atoms with Crippen molar-refractivity contribution in [3.63, 3.8) is 0 Å². The standard InChI is InChI=1S/C14H19NO4.C3H7NO2/c1-14(2,3)19-13(18)15-11(12(16)17)9-10-7-5-4-6-8-10;1-4-2-3(5)6/h4-8,11H,9H2,1-3H3,(H,15,18)(H,16,17);4H,2H2,1H3,(H,5,6). The molecule has 8 nitrogen and oxygen atoms in total. The molecule has 1 amide bonds. The second-order valence-corrected chi connectivity index (χ2v) is 6.15. The van der Waals surface area contributed by atoms with Gasteiger partial charge in [-0.15, -0.1) is 0 Å². The summed E-state index contributed by atoms with van der Waals surface area (Å²) in [7, 11) is 1.59. The molecule has 140 valence electrons. The summed E-state index contributed by atoms with van der Waals surface area (Å²) in [6.45, 7) is 5.21. The van der Waals surface area contributed by atoms with E-state index in [1.807, 2.05) is 30.3 Å². The van der Waals surface area contributed by atoms with Crippen LogP contribution in [-0.2, 0) is 20.7 Å². The lowest BCUT2D eigenvalue weighted by Crippen LogP contribution is -2.44. The zero-order valence-corrected chi connectivity index (χ0v) is 14.9. The summed E-state index contributed by atoms with van der Waals surface area (Å²) in [5.41, 5.74) is 0.186. The molecule has 1 unspecified atom stereocenters. The number of benzene rings is 1. The molecule has 1 rings (SSSR count). The van der Waals surface area contributed by atoms with Gasteiger partial charge < -0.3 is 25.6 Å². The van der Waals surface area contributed by atoms with Crippen LogP contribution in [-0.4, -0.2) is 53.5 Å². The largest absolute Gasteiger partial charge is 0.480 e. The van der Waals surface area contributed by atoms with E-state index in [4.69, 9.17) is 14.9 Å². The molecule has 0 aliphatic rings. The Morgan fingerprint density at radius 2 is 1.68 bits per heavy atom. The zero-order valence-electron chi connectivity index (χ0n) is 14.9. The second-order valence-electron chi connectivity index (χ2n) is 6.15. The highest BCUT2D eigenvalue weighted by molar-refractivity contribution is 5.80. The number of hydrogen-bond donors (Lipinski definition) is 4. The fourth-order valence-corrected chi connectivity index (χ4v) is 1.65. The first-order chi connectivity index (χ1) is 11.5. The molecule has 1 aromatic carbocycles. The Hall–Kier alpha value is -2.61. The van der Waals surface area contributed by atoms with Crippen molar-refractivity contribution in [2.75, 3.05) is 13.6 Å². The third kappa shape index (κ3) is 12.5. The summed E-state index contributed by atoms with van der Waals surface area (Å²) in [5.74, 6) is -1.91. The Balaban J connectivity index is 0.000000823. The lowest BCUT2D eigenvalue weighted by atomic mass is 10.1. The molecule has 0 saturated heterocycles. The summed E-state index contributed by atoms with van der Waals surface area (Å²) in [6.07, 6.45) is -0.508. The highest BCUT2D eigenvalue weighted by Crippen LogP contribution is 2.08. The molecule has 0 radical (unpaired) electrons. The molecule has 25 heavy (non-hydrogen) atoms. The second kappa shape index (κ2) is 11.0. The third-order valence-electron chi connectivity index (χ3n) is 2.60. The molecule has 4 N–H and O–H groups in total. The highest BCUT2D eigenvalue weighted by Gasteiger charge is 2.24. The first-order valence-electron chi connectivity index (χ1n) is 7.67. The number of rotatable bonds is 6. The molecule has 0 heterocycles. The van der Waals surface area contributed by atoms with E-state index in [-0.39, 0.29) is 13.0 Å². The maximum Gasteiger partial charge on any atom is 0.408 e. The van der Waals surface area contributed by atoms with E-state index < -0.39 is 29.7 Å². The number of alkyl carbamates (subject to hydrolysis) is 1. The first kappa shape index (κ1) is 22.4. The normalized spacial score (nSPS) is 11.5. The van der Waals surface area contributed by atoms with Gasteiger partial charge in [0.25, 0.3) is 0 Å². The summed E-state index contributed by atoms with van der Waals surface area (Å²) < 4.78 is 5.04. The van der Waals surface area contributed by atoms with Gasteiger partial charge in [-0.2, -0.15) is 0 Å². The van der Waals surface area contributed by atoms with Gasteiger partial charge in [0.2, 0.25) is 0 Å². The molecule has 0 spiro atoms. The monoisotopic (exact) mass is 354 g/mol. The van der Waals surface area contributed by atoms with Crippen molar-refractivity contribution in [3.8, 4) is 0 Å². The van der Waals surface area contributed by atoms with E-state index in [0.717, 1.165) is 5.56 Å². The van der Waals surface area contributed by atoms with E-state index in [0.29, 0.717) is 0 Å². The molecule has 1 atom stereocenters. The van der Waals surface area contributed by atoms with Crippen molar-refractivity contribution in [2.45, 2.75) is 38.8 Å². The molecule has 0 aliphatic carbocycles. The highest BCUT2D eigenvalue weighted by atomic mass is 16.6. The van der Waals surface area contributed by atoms with Crippen molar-refractivity contribution < 1.29 is 29.3 Å². The van der Waals surface area contributed by atoms with E-state index in [2.05, 4.69) is 10.6 Å². The number of likely N-dealkylation sites (N-methyl/N-ethyl adjacent to an activating group) is 1. The molecule has 8 heteroatoms. The number of carbonyl (C=O) groups excluding carboxylic acids is 1. The van der Waals surface area contributed by atoms with Gasteiger partial charge in [-0.25, -0.2) is 9.59 Å². The van der Waals surface area contributed by atoms with Gasteiger partial charge in [-0.3, -0.25) is 4.79 Å². The minimum atomic E-state index is -1.09. The molecule has 0 saturated carbocycles. The van der Waals surface area contributed by atoms with E-state index in [1.54, 1.807) is 27.8 Å². The Morgan fingerprint density at radius 1 is 1.12 bits per heavy atom. The summed E-state index contributed by atoms with van der Waals surface area (Å²) in [6, 6.07) is 8.11. The number of aliphatic carboxylic acids is 2. The van der Waals surface area contributed by atoms with Gasteiger partial charge in [0.05, 0.1) is 6.54 Å². The molecule has 0 aliphatic heterocycles. The van der Waals surface area contributed by atoms with Crippen molar-refractivity contribution in [2.24, 2.45) is 0 Å². The topological polar surface area (TPSA) is 125 Å². The number of carbonyl (C=O) groups is 3. The Labute approximate surface area is 147 Å². The Bertz CT molecular complexity index is 554. The number of carboxylic acids is 2. The first-order valence-corrected chi connectivity index (χ1v) is 7.67. The molecular formula is C17H26N2O6. The number of amides is 1. The predicted octanol–water partition coefficient (Wildman–Crippen LogP) is 1.50. The van der Waals surface area contributed by atoms with E-state index >= 15 is 0 Å². The minimum absolute atomic E-state index is 0.0417. The quantitative estimate of drug-likeness (QED) is 0.610. The van der Waals surface area contributed by atoms with Crippen LogP contribution < -0.4 is 10.6 Å². The predicted molar refractivity (Wildman–Crippen MR) is 92.5 cm³/mol. The Kier molecular flexibility index (Phi) is 9.88. The average molecular weight is 354 g/mol. The van der Waals surface area contributed by atoms with Crippen LogP contribution in [0.3, 0.4) is 0 Å². The summed E-state index contributed by atoms with van der Waals surface area (Å²) in [4.78, 5) is 32.2. The summed E-state index contributed by atoms with van der Waals surface area (Å²) >= 11 is 0. The van der Waals surface area contributed by atoms with Crippen molar-refractivity contribution in [3.05, 3.63) is 35.9 Å². The molecule has 0 bridgehead atoms. The fraction of sp³-hybridized carbons (Fsp3) is 0.471. The van der Waals surface area contributed by atoms with Crippen LogP contribution in [0.5, 0.6) is 0 Å². The Morgan fingerprint density at radius 3 is 2.04 bits per heavy atom. The number of hydrogen-bond acceptors (Lipinski definition) is 5. The average Bonchev–Trinajstić information content (AvgIpc) is 2.46. The van der Waals surface area contributed by atoms with Gasteiger partial charge in [0, 0.05) is 6.42 Å². The summed E-state index contributed by atoms with van der Waals surface area (Å²) in [5, 5.41) is 21.8. The van der Waals surface area contributed by atoms with Gasteiger partial charge in [0.15, 0.2) is 0 Å². The maximum absolute atomic E-state index is 11.6. The SMILES string of the molecule is CC(C)(C)OC(=O)NC(Cc1ccccc1)C(=O)O.CNCC(=O)O. The van der Waals surface area contributed by atoms with Gasteiger partial charge >= 0.3 is 18.0 Å². The maximum atomic E-state index is 11.6. The van der Waals surface area contributed by atoms with Crippen molar-refractivity contribution in [1.82, 2.24) is 10.6 Å². The fourth-order valence-electron chi connectivity index (χ4n) is 1.65. The van der Waals surface area contributed by atoms with E-state index in [9.17, 15) is 14.4 Å². The lowest BCUT2D eigenvalue weighted by Gasteiger charge is -2.22. The number of ether oxygens (including phenoxy) is 1. The van der Waals surface area contributed by atoms with Crippen LogP contribution in [0, 0.1) is 0 Å². The molecule has 0 aromatic heterocycles. The van der Waals surface area contributed by atoms with Crippen molar-refractivity contribution in [1.29, 1.82) is 0 Å². The number of nitrogens with one attached hydrogen (secondary N) is 2. The van der Waals surface area contributed by atoms with Crippen LogP contribution >= 0.6 is 0 Å². The zero-order chi connectivity index (χ0) is 19.5. The molecule has 1 aromatic rings. The molecular weight excluding hydrogens is 328 g/mol. The van der Waals surface area contributed by atoms with Gasteiger partial charge in [-0.05, 0) is 33.4 Å². The lowest BCUT2D eigenvalue weighted by molar-refractivity contribution is -0.139. The smallest absolute Gasteiger partial charge is 0.408 e.